The molecule has 1 heterocycles. The maximum atomic E-state index is 12.9. The first-order chi connectivity index (χ1) is 13.4. The van der Waals surface area contributed by atoms with Crippen LogP contribution in [0.3, 0.4) is 0 Å². The normalized spacial score (nSPS) is 11.8. The lowest BCUT2D eigenvalue weighted by Gasteiger charge is -2.14. The van der Waals surface area contributed by atoms with Crippen LogP contribution in [0.25, 0.3) is 22.3 Å². The Morgan fingerprint density at radius 3 is 2.50 bits per heavy atom. The van der Waals surface area contributed by atoms with E-state index in [1.165, 1.54) is 7.11 Å². The SMILES string of the molecule is COC(=O)CC(C)NC(=O)c1cccc2c(=O)c(C)c(-c3ccccc3)oc12. The minimum atomic E-state index is -0.430. The molecule has 3 rings (SSSR count). The van der Waals surface area contributed by atoms with E-state index in [9.17, 15) is 14.4 Å². The maximum absolute atomic E-state index is 12.9. The Balaban J connectivity index is 2.07. The van der Waals surface area contributed by atoms with Gasteiger partial charge >= 0.3 is 5.97 Å². The lowest BCUT2D eigenvalue weighted by atomic mass is 10.0. The van der Waals surface area contributed by atoms with Crippen molar-refractivity contribution in [1.82, 2.24) is 5.32 Å². The van der Waals surface area contributed by atoms with Crippen LogP contribution in [0.2, 0.25) is 0 Å². The summed E-state index contributed by atoms with van der Waals surface area (Å²) in [7, 11) is 1.30. The molecule has 0 saturated heterocycles. The highest BCUT2D eigenvalue weighted by molar-refractivity contribution is 6.05. The number of methoxy groups -OCH3 is 1. The molecule has 3 aromatic rings. The first-order valence-electron chi connectivity index (χ1n) is 8.92. The summed E-state index contributed by atoms with van der Waals surface area (Å²) >= 11 is 0. The number of carbonyl (C=O) groups excluding carboxylic acids is 2. The van der Waals surface area contributed by atoms with Crippen LogP contribution in [0, 0.1) is 6.92 Å². The maximum Gasteiger partial charge on any atom is 0.307 e. The van der Waals surface area contributed by atoms with Crippen LogP contribution in [0.5, 0.6) is 0 Å². The number of fused-ring (bicyclic) bond motifs is 1. The molecule has 2 aromatic carbocycles. The predicted molar refractivity (Wildman–Crippen MR) is 106 cm³/mol. The molecular weight excluding hydrogens is 358 g/mol. The first-order valence-corrected chi connectivity index (χ1v) is 8.92. The predicted octanol–water partition coefficient (Wildman–Crippen LogP) is 3.45. The van der Waals surface area contributed by atoms with Gasteiger partial charge < -0.3 is 14.5 Å². The molecule has 144 valence electrons. The Hall–Kier alpha value is -3.41. The summed E-state index contributed by atoms with van der Waals surface area (Å²) in [6.45, 7) is 3.41. The van der Waals surface area contributed by atoms with Crippen LogP contribution in [0.4, 0.5) is 0 Å². The average Bonchev–Trinajstić information content (AvgIpc) is 2.70. The van der Waals surface area contributed by atoms with Crippen molar-refractivity contribution < 1.29 is 18.7 Å². The Kier molecular flexibility index (Phi) is 5.59. The lowest BCUT2D eigenvalue weighted by Crippen LogP contribution is -2.34. The molecule has 0 fully saturated rings. The van der Waals surface area contributed by atoms with Crippen molar-refractivity contribution in [1.29, 1.82) is 0 Å². The van der Waals surface area contributed by atoms with E-state index < -0.39 is 17.9 Å². The van der Waals surface area contributed by atoms with E-state index in [1.807, 2.05) is 30.3 Å². The minimum absolute atomic E-state index is 0.0470. The fourth-order valence-corrected chi connectivity index (χ4v) is 3.04. The quantitative estimate of drug-likeness (QED) is 0.686. The molecule has 1 aromatic heterocycles. The fourth-order valence-electron chi connectivity index (χ4n) is 3.04. The van der Waals surface area contributed by atoms with Crippen molar-refractivity contribution in [3.8, 4) is 11.3 Å². The number of rotatable bonds is 5. The van der Waals surface area contributed by atoms with Gasteiger partial charge in [0.1, 0.15) is 5.76 Å². The Morgan fingerprint density at radius 1 is 1.11 bits per heavy atom. The number of nitrogens with one attached hydrogen (secondary N) is 1. The molecule has 0 aliphatic heterocycles. The standard InChI is InChI=1S/C22H21NO5/c1-13(12-18(24)27-3)23-22(26)17-11-7-10-16-19(25)14(2)20(28-21(16)17)15-8-5-4-6-9-15/h4-11,13H,12H2,1-3H3,(H,23,26). The number of carbonyl (C=O) groups is 2. The van der Waals surface area contributed by atoms with Gasteiger partial charge in [-0.25, -0.2) is 0 Å². The monoisotopic (exact) mass is 379 g/mol. The third kappa shape index (κ3) is 3.81. The second-order valence-electron chi connectivity index (χ2n) is 6.59. The van der Waals surface area contributed by atoms with Gasteiger partial charge in [0.15, 0.2) is 11.0 Å². The van der Waals surface area contributed by atoms with E-state index in [2.05, 4.69) is 10.1 Å². The molecular formula is C22H21NO5. The van der Waals surface area contributed by atoms with E-state index >= 15 is 0 Å². The van der Waals surface area contributed by atoms with E-state index in [0.29, 0.717) is 16.7 Å². The van der Waals surface area contributed by atoms with Crippen LogP contribution in [-0.2, 0) is 9.53 Å². The van der Waals surface area contributed by atoms with Gasteiger partial charge in [0, 0.05) is 17.2 Å². The molecule has 0 aliphatic rings. The zero-order valence-electron chi connectivity index (χ0n) is 15.9. The lowest BCUT2D eigenvalue weighted by molar-refractivity contribution is -0.141. The van der Waals surface area contributed by atoms with Crippen molar-refractivity contribution in [2.24, 2.45) is 0 Å². The van der Waals surface area contributed by atoms with Crippen LogP contribution >= 0.6 is 0 Å². The second kappa shape index (κ2) is 8.08. The molecule has 1 N–H and O–H groups in total. The number of hydrogen-bond donors (Lipinski definition) is 1. The van der Waals surface area contributed by atoms with E-state index in [1.54, 1.807) is 32.0 Å². The van der Waals surface area contributed by atoms with E-state index in [-0.39, 0.29) is 23.0 Å². The van der Waals surface area contributed by atoms with Gasteiger partial charge in [0.2, 0.25) is 0 Å². The summed E-state index contributed by atoms with van der Waals surface area (Å²) < 4.78 is 10.7. The molecule has 6 heteroatoms. The average molecular weight is 379 g/mol. The summed E-state index contributed by atoms with van der Waals surface area (Å²) in [5, 5.41) is 3.08. The molecule has 0 saturated carbocycles. The van der Waals surface area contributed by atoms with E-state index in [4.69, 9.17) is 4.42 Å². The first kappa shape index (κ1) is 19.4. The summed E-state index contributed by atoms with van der Waals surface area (Å²) in [5.41, 5.74) is 1.52. The van der Waals surface area contributed by atoms with Crippen LogP contribution < -0.4 is 10.7 Å². The largest absolute Gasteiger partial charge is 0.469 e. The summed E-state index contributed by atoms with van der Waals surface area (Å²) in [4.78, 5) is 37.0. The number of benzene rings is 2. The zero-order chi connectivity index (χ0) is 20.3. The van der Waals surface area contributed by atoms with Crippen molar-refractivity contribution in [3.05, 3.63) is 69.9 Å². The number of para-hydroxylation sites is 1. The number of esters is 1. The number of ether oxygens (including phenoxy) is 1. The van der Waals surface area contributed by atoms with Gasteiger partial charge in [0.05, 0.1) is 24.5 Å². The molecule has 6 nitrogen and oxygen atoms in total. The molecule has 1 atom stereocenters. The van der Waals surface area contributed by atoms with Gasteiger partial charge in [-0.05, 0) is 26.0 Å². The zero-order valence-corrected chi connectivity index (χ0v) is 15.9. The number of amides is 1. The molecule has 0 radical (unpaired) electrons. The number of hydrogen-bond acceptors (Lipinski definition) is 5. The van der Waals surface area contributed by atoms with Gasteiger partial charge in [-0.3, -0.25) is 14.4 Å². The second-order valence-corrected chi connectivity index (χ2v) is 6.59. The highest BCUT2D eigenvalue weighted by Crippen LogP contribution is 2.27. The minimum Gasteiger partial charge on any atom is -0.469 e. The highest BCUT2D eigenvalue weighted by Gasteiger charge is 2.20. The molecule has 1 unspecified atom stereocenters. The molecule has 0 aliphatic carbocycles. The smallest absolute Gasteiger partial charge is 0.307 e. The van der Waals surface area contributed by atoms with E-state index in [0.717, 1.165) is 5.56 Å². The van der Waals surface area contributed by atoms with Crippen molar-refractivity contribution in [3.63, 3.8) is 0 Å². The van der Waals surface area contributed by atoms with Crippen LogP contribution in [0.1, 0.15) is 29.3 Å². The highest BCUT2D eigenvalue weighted by atomic mass is 16.5. The summed E-state index contributed by atoms with van der Waals surface area (Å²) in [6, 6.07) is 13.7. The summed E-state index contributed by atoms with van der Waals surface area (Å²) in [6.07, 6.45) is 0.0470. The Labute approximate surface area is 162 Å². The molecule has 1 amide bonds. The van der Waals surface area contributed by atoms with Crippen molar-refractivity contribution in [2.75, 3.05) is 7.11 Å². The van der Waals surface area contributed by atoms with Crippen molar-refractivity contribution in [2.45, 2.75) is 26.3 Å². The molecule has 0 bridgehead atoms. The Bertz CT molecular complexity index is 1090. The molecule has 28 heavy (non-hydrogen) atoms. The third-order valence-electron chi connectivity index (χ3n) is 4.50. The van der Waals surface area contributed by atoms with Crippen molar-refractivity contribution >= 4 is 22.8 Å². The molecule has 0 spiro atoms. The topological polar surface area (TPSA) is 85.6 Å². The fraction of sp³-hybridized carbons (Fsp3) is 0.227. The van der Waals surface area contributed by atoms with Crippen LogP contribution in [-0.4, -0.2) is 25.0 Å². The Morgan fingerprint density at radius 2 is 1.82 bits per heavy atom. The van der Waals surface area contributed by atoms with Gasteiger partial charge in [0.25, 0.3) is 5.91 Å². The van der Waals surface area contributed by atoms with Gasteiger partial charge in [-0.2, -0.15) is 0 Å². The third-order valence-corrected chi connectivity index (χ3v) is 4.50. The van der Waals surface area contributed by atoms with Gasteiger partial charge in [-0.1, -0.05) is 36.4 Å². The summed E-state index contributed by atoms with van der Waals surface area (Å²) in [5.74, 6) is -0.409. The van der Waals surface area contributed by atoms with Crippen LogP contribution in [0.15, 0.2) is 57.7 Å². The van der Waals surface area contributed by atoms with Gasteiger partial charge in [-0.15, -0.1) is 0 Å².